The van der Waals surface area contributed by atoms with Crippen LogP contribution >= 0.6 is 0 Å². The number of benzene rings is 1. The van der Waals surface area contributed by atoms with Gasteiger partial charge in [0, 0.05) is 46.3 Å². The Morgan fingerprint density at radius 2 is 2.07 bits per heavy atom. The van der Waals surface area contributed by atoms with Gasteiger partial charge >= 0.3 is 0 Å². The number of hydrogen-bond acceptors (Lipinski definition) is 7. The third-order valence-electron chi connectivity index (χ3n) is 5.41. The molecule has 0 saturated carbocycles. The second kappa shape index (κ2) is 10.4. The van der Waals surface area contributed by atoms with Crippen molar-refractivity contribution in [2.24, 2.45) is 0 Å². The predicted octanol–water partition coefficient (Wildman–Crippen LogP) is 3.30. The molecule has 1 fully saturated rings. The second-order valence-corrected chi connectivity index (χ2v) is 7.98. The smallest absolute Gasteiger partial charge is 0.227 e. The van der Waals surface area contributed by atoms with Gasteiger partial charge in [-0.25, -0.2) is 4.98 Å². The van der Waals surface area contributed by atoms with Crippen LogP contribution in [0.4, 0.5) is 11.8 Å². The van der Waals surface area contributed by atoms with E-state index in [1.807, 2.05) is 30.1 Å². The molecule has 1 aliphatic rings. The minimum atomic E-state index is 0.120. The van der Waals surface area contributed by atoms with Gasteiger partial charge in [0.1, 0.15) is 23.5 Å². The van der Waals surface area contributed by atoms with Crippen LogP contribution in [0.5, 0.6) is 5.75 Å². The Balaban J connectivity index is 1.56. The van der Waals surface area contributed by atoms with Crippen molar-refractivity contribution in [3.05, 3.63) is 42.1 Å². The Bertz CT molecular complexity index is 827. The molecule has 2 aromatic rings. The Morgan fingerprint density at radius 3 is 2.77 bits per heavy atom. The highest BCUT2D eigenvalue weighted by Gasteiger charge is 2.25. The third-order valence-corrected chi connectivity index (χ3v) is 5.41. The van der Waals surface area contributed by atoms with Gasteiger partial charge in [-0.2, -0.15) is 4.98 Å². The molecular weight excluding hydrogens is 380 g/mol. The van der Waals surface area contributed by atoms with Gasteiger partial charge in [0.05, 0.1) is 13.2 Å². The lowest BCUT2D eigenvalue weighted by molar-refractivity contribution is -0.117. The number of nitrogens with zero attached hydrogens (tertiary/aromatic N) is 4. The fourth-order valence-electron chi connectivity index (χ4n) is 3.68. The molecule has 2 atom stereocenters. The fourth-order valence-corrected chi connectivity index (χ4v) is 3.68. The number of aromatic nitrogens is 2. The van der Waals surface area contributed by atoms with Crippen molar-refractivity contribution in [3.63, 3.8) is 0 Å². The number of ether oxygens (including phenoxy) is 2. The lowest BCUT2D eigenvalue weighted by Crippen LogP contribution is -2.27. The van der Waals surface area contributed by atoms with E-state index in [0.717, 1.165) is 43.2 Å². The molecule has 0 N–H and O–H groups in total. The number of methoxy groups -OCH3 is 1. The minimum Gasteiger partial charge on any atom is -0.489 e. The lowest BCUT2D eigenvalue weighted by Gasteiger charge is -2.21. The summed E-state index contributed by atoms with van der Waals surface area (Å²) in [4.78, 5) is 24.6. The summed E-state index contributed by atoms with van der Waals surface area (Å²) in [5.41, 5.74) is 1.16. The summed E-state index contributed by atoms with van der Waals surface area (Å²) in [5.74, 6) is 2.93. The molecule has 162 valence electrons. The maximum atomic E-state index is 11.3. The van der Waals surface area contributed by atoms with Crippen molar-refractivity contribution in [1.29, 1.82) is 0 Å². The number of hydrogen-bond donors (Lipinski definition) is 0. The number of carbonyl (C=O) groups excluding carboxylic acids is 1. The van der Waals surface area contributed by atoms with Crippen LogP contribution in [0.25, 0.3) is 0 Å². The zero-order valence-electron chi connectivity index (χ0n) is 18.4. The molecule has 1 saturated heterocycles. The molecule has 0 spiro atoms. The van der Waals surface area contributed by atoms with Crippen LogP contribution in [-0.4, -0.2) is 62.3 Å². The number of Topliss-reactive ketones (excluding diaryl/α,β-unsaturated/α-hetero) is 1. The summed E-state index contributed by atoms with van der Waals surface area (Å²) in [5, 5.41) is 0. The highest BCUT2D eigenvalue weighted by molar-refractivity contribution is 5.76. The van der Waals surface area contributed by atoms with Crippen LogP contribution in [0.2, 0.25) is 0 Å². The van der Waals surface area contributed by atoms with E-state index in [-0.39, 0.29) is 17.8 Å². The van der Waals surface area contributed by atoms with Crippen LogP contribution in [-0.2, 0) is 9.53 Å². The van der Waals surface area contributed by atoms with E-state index < -0.39 is 0 Å². The van der Waals surface area contributed by atoms with Crippen molar-refractivity contribution in [2.45, 2.75) is 38.7 Å². The summed E-state index contributed by atoms with van der Waals surface area (Å²) in [6.45, 7) is 6.78. The number of likely N-dealkylation sites (N-methyl/N-ethyl adjacent to an activating group) is 1. The molecule has 30 heavy (non-hydrogen) atoms. The SMILES string of the molecule is COCCN(C)c1nccc(N2CC[C@@H](Oc3ccc([C@H](C)CC(C)=O)cc3)C2)n1. The highest BCUT2D eigenvalue weighted by Crippen LogP contribution is 2.26. The Morgan fingerprint density at radius 1 is 1.30 bits per heavy atom. The molecule has 0 amide bonds. The third kappa shape index (κ3) is 5.92. The summed E-state index contributed by atoms with van der Waals surface area (Å²) in [7, 11) is 3.66. The van der Waals surface area contributed by atoms with Gasteiger partial charge in [-0.1, -0.05) is 19.1 Å². The van der Waals surface area contributed by atoms with Crippen molar-refractivity contribution < 1.29 is 14.3 Å². The number of rotatable bonds is 10. The van der Waals surface area contributed by atoms with Crippen molar-refractivity contribution in [3.8, 4) is 5.75 Å². The molecule has 1 aromatic carbocycles. The molecule has 2 heterocycles. The number of anilines is 2. The standard InChI is InChI=1S/C23H32N4O3/c1-17(15-18(2)28)19-5-7-20(8-6-19)30-21-10-12-27(16-21)22-9-11-24-23(25-22)26(3)13-14-29-4/h5-9,11,17,21H,10,12-16H2,1-4H3/t17-,21-/m1/s1. The topological polar surface area (TPSA) is 67.8 Å². The highest BCUT2D eigenvalue weighted by atomic mass is 16.5. The molecule has 1 aromatic heterocycles. The first-order valence-corrected chi connectivity index (χ1v) is 10.5. The van der Waals surface area contributed by atoms with Crippen molar-refractivity contribution in [2.75, 3.05) is 50.2 Å². The Kier molecular flexibility index (Phi) is 7.63. The molecule has 0 radical (unpaired) electrons. The Hall–Kier alpha value is -2.67. The van der Waals surface area contributed by atoms with Crippen LogP contribution in [0.3, 0.4) is 0 Å². The molecule has 1 aliphatic heterocycles. The van der Waals surface area contributed by atoms with Crippen LogP contribution < -0.4 is 14.5 Å². The summed E-state index contributed by atoms with van der Waals surface area (Å²) < 4.78 is 11.3. The molecule has 7 heteroatoms. The van der Waals surface area contributed by atoms with Gasteiger partial charge < -0.3 is 24.1 Å². The molecule has 3 rings (SSSR count). The zero-order valence-corrected chi connectivity index (χ0v) is 18.4. The average Bonchev–Trinajstić information content (AvgIpc) is 3.20. The fraction of sp³-hybridized carbons (Fsp3) is 0.522. The van der Waals surface area contributed by atoms with Crippen LogP contribution in [0.1, 0.15) is 38.2 Å². The van der Waals surface area contributed by atoms with Gasteiger partial charge in [0.25, 0.3) is 0 Å². The van der Waals surface area contributed by atoms with Crippen molar-refractivity contribution >= 4 is 17.5 Å². The van der Waals surface area contributed by atoms with Gasteiger partial charge in [0.15, 0.2) is 0 Å². The molecule has 7 nitrogen and oxygen atoms in total. The van der Waals surface area contributed by atoms with E-state index in [0.29, 0.717) is 19.0 Å². The number of carbonyl (C=O) groups is 1. The molecular formula is C23H32N4O3. The Labute approximate surface area is 179 Å². The van der Waals surface area contributed by atoms with Gasteiger partial charge in [-0.05, 0) is 36.6 Å². The normalized spacial score (nSPS) is 17.1. The van der Waals surface area contributed by atoms with E-state index >= 15 is 0 Å². The van der Waals surface area contributed by atoms with Crippen LogP contribution in [0.15, 0.2) is 36.5 Å². The predicted molar refractivity (Wildman–Crippen MR) is 119 cm³/mol. The minimum absolute atomic E-state index is 0.120. The first-order valence-electron chi connectivity index (χ1n) is 10.5. The number of ketones is 1. The van der Waals surface area contributed by atoms with E-state index in [2.05, 4.69) is 28.9 Å². The van der Waals surface area contributed by atoms with E-state index in [9.17, 15) is 4.79 Å². The van der Waals surface area contributed by atoms with E-state index in [1.54, 1.807) is 20.2 Å². The van der Waals surface area contributed by atoms with Gasteiger partial charge in [-0.3, -0.25) is 0 Å². The second-order valence-electron chi connectivity index (χ2n) is 7.98. The monoisotopic (exact) mass is 412 g/mol. The summed E-state index contributed by atoms with van der Waals surface area (Å²) in [6, 6.07) is 10.1. The maximum absolute atomic E-state index is 11.3. The van der Waals surface area contributed by atoms with E-state index in [4.69, 9.17) is 14.5 Å². The lowest BCUT2D eigenvalue weighted by atomic mass is 9.96. The average molecular weight is 413 g/mol. The molecule has 0 bridgehead atoms. The largest absolute Gasteiger partial charge is 0.489 e. The van der Waals surface area contributed by atoms with Crippen LogP contribution in [0, 0.1) is 0 Å². The molecule has 0 aliphatic carbocycles. The summed E-state index contributed by atoms with van der Waals surface area (Å²) in [6.07, 6.45) is 3.44. The quantitative estimate of drug-likeness (QED) is 0.593. The van der Waals surface area contributed by atoms with Crippen molar-refractivity contribution in [1.82, 2.24) is 9.97 Å². The zero-order chi connectivity index (χ0) is 21.5. The maximum Gasteiger partial charge on any atom is 0.227 e. The summed E-state index contributed by atoms with van der Waals surface area (Å²) >= 11 is 0. The first kappa shape index (κ1) is 22.0. The van der Waals surface area contributed by atoms with E-state index in [1.165, 1.54) is 0 Å². The first-order chi connectivity index (χ1) is 14.5. The van der Waals surface area contributed by atoms with Gasteiger partial charge in [-0.15, -0.1) is 0 Å². The molecule has 0 unspecified atom stereocenters. The van der Waals surface area contributed by atoms with Gasteiger partial charge in [0.2, 0.25) is 5.95 Å².